The number of hydrogen-bond acceptors (Lipinski definition) is 4. The molecule has 10 aromatic rings. The lowest BCUT2D eigenvalue weighted by Crippen LogP contribution is -2.48. The Balaban J connectivity index is 0.00000116. The van der Waals surface area contributed by atoms with Crippen molar-refractivity contribution in [3.8, 4) is 0 Å². The minimum absolute atomic E-state index is 0.0214. The van der Waals surface area contributed by atoms with Gasteiger partial charge in [-0.3, -0.25) is 18.3 Å². The number of nitrogens with zero attached hydrogens (tertiary/aromatic N) is 6. The highest BCUT2D eigenvalue weighted by Gasteiger charge is 2.30. The van der Waals surface area contributed by atoms with Crippen LogP contribution in [-0.4, -0.2) is 60.3 Å². The van der Waals surface area contributed by atoms with Gasteiger partial charge in [0, 0.05) is 57.5 Å². The van der Waals surface area contributed by atoms with Crippen LogP contribution >= 0.6 is 0 Å². The summed E-state index contributed by atoms with van der Waals surface area (Å²) in [5, 5.41) is 12.6. The molecule has 3 unspecified atom stereocenters. The summed E-state index contributed by atoms with van der Waals surface area (Å²) in [5.74, 6) is 4.05. The van der Waals surface area contributed by atoms with Gasteiger partial charge < -0.3 is 20.9 Å². The zero-order chi connectivity index (χ0) is 51.9. The number of nitrogens with one attached hydrogen (secondary N) is 1. The summed E-state index contributed by atoms with van der Waals surface area (Å²) in [6, 6.07) is 48.4. The number of allylic oxidation sites excluding steroid dienone is 9. The number of benzene rings is 6. The van der Waals surface area contributed by atoms with Gasteiger partial charge in [-0.2, -0.15) is 0 Å². The maximum Gasteiger partial charge on any atom is 0.113 e. The molecule has 0 spiro atoms. The fourth-order valence-electron chi connectivity index (χ4n) is 11.7. The third-order valence-corrected chi connectivity index (χ3v) is 15.3. The highest BCUT2D eigenvalue weighted by molar-refractivity contribution is 6.19. The second kappa shape index (κ2) is 20.0. The number of rotatable bonds is 8. The van der Waals surface area contributed by atoms with Crippen LogP contribution in [0.2, 0.25) is 0 Å². The number of likely N-dealkylation sites (N-methyl/N-ethyl adjacent to an activating group) is 2. The van der Waals surface area contributed by atoms with Crippen LogP contribution in [0.3, 0.4) is 0 Å². The lowest BCUT2D eigenvalue weighted by molar-refractivity contribution is 0.342. The number of dihydropyridines is 1. The highest BCUT2D eigenvalue weighted by atomic mass is 15.3. The summed E-state index contributed by atoms with van der Waals surface area (Å²) < 4.78 is 9.46. The van der Waals surface area contributed by atoms with Crippen molar-refractivity contribution in [2.75, 3.05) is 14.1 Å². The highest BCUT2D eigenvalue weighted by Crippen LogP contribution is 2.41. The fraction of sp³-hybridized carbons (Fsp3) is 0.134. The topological polar surface area (TPSA) is 64.2 Å². The van der Waals surface area contributed by atoms with Crippen LogP contribution in [0, 0.1) is 13.8 Å². The zero-order valence-corrected chi connectivity index (χ0v) is 43.5. The van der Waals surface area contributed by atoms with Gasteiger partial charge in [0.2, 0.25) is 0 Å². The second-order valence-electron chi connectivity index (χ2n) is 19.4. The second-order valence-corrected chi connectivity index (χ2v) is 19.4. The number of nitrogens with two attached hydrogens (primary N) is 1. The SMILES string of the molecule is C=C.C=CC.Cc1c(C)n(C2=CC=CC(C3C=CC=C(n4c5ccccc5c5cc6c(cc54)c4ccccc4n6C4=CC=CC(C/C=C\C=C(/N)n5c6ccccc6c6ccccc65)N4C)N3)N2C)c2ccccc12. The van der Waals surface area contributed by atoms with Crippen LogP contribution in [-0.2, 0) is 0 Å². The summed E-state index contributed by atoms with van der Waals surface area (Å²) in [7, 11) is 4.44. The summed E-state index contributed by atoms with van der Waals surface area (Å²) in [6.07, 6.45) is 29.2. The standard InChI is InChI=1S/C62H54N8.C3H6.C2H4/c1-40-41(2)67(51-28-11-6-22-43(40)51)62-37-19-33-56(66(62)4)50-27-18-35-60(64-50)69-54-31-14-9-25-46(54)48-39-58-49(38-57(48)69)47-26-10-15-32-55(47)70(58)61-36-17-21-42(65(61)3)20-5-16-34-59(63)68-52-29-12-7-23-44(52)45-24-8-13-30-53(45)68;1-3-2;1-2/h5-19,21-39,42,50,56,64H,20,63H2,1-4H3;3H,1H2,2H3;1-2H2/b16-5-,59-34+;;. The van der Waals surface area contributed by atoms with E-state index >= 15 is 0 Å². The van der Waals surface area contributed by atoms with Crippen molar-refractivity contribution in [1.82, 2.24) is 33.4 Å². The quantitative estimate of drug-likeness (QED) is 0.118. The van der Waals surface area contributed by atoms with E-state index in [1.165, 1.54) is 82.4 Å². The molecule has 3 N–H and O–H groups in total. The van der Waals surface area contributed by atoms with Crippen LogP contribution in [0.4, 0.5) is 0 Å². The van der Waals surface area contributed by atoms with Crippen molar-refractivity contribution in [3.63, 3.8) is 0 Å². The first-order valence-electron chi connectivity index (χ1n) is 25.9. The van der Waals surface area contributed by atoms with E-state index in [1.54, 1.807) is 6.08 Å². The zero-order valence-electron chi connectivity index (χ0n) is 43.5. The molecule has 8 heteroatoms. The van der Waals surface area contributed by atoms with Crippen LogP contribution in [0.1, 0.15) is 24.6 Å². The Labute approximate surface area is 439 Å². The van der Waals surface area contributed by atoms with Crippen LogP contribution in [0.5, 0.6) is 0 Å². The minimum atomic E-state index is 0.0214. The fourth-order valence-corrected chi connectivity index (χ4v) is 11.7. The van der Waals surface area contributed by atoms with Gasteiger partial charge in [-0.1, -0.05) is 146 Å². The Morgan fingerprint density at radius 3 is 1.63 bits per heavy atom. The first-order valence-corrected chi connectivity index (χ1v) is 25.9. The minimum Gasteiger partial charge on any atom is -0.385 e. The molecule has 0 radical (unpaired) electrons. The van der Waals surface area contributed by atoms with Crippen molar-refractivity contribution in [1.29, 1.82) is 0 Å². The monoisotopic (exact) mass is 981 g/mol. The number of fused-ring (bicyclic) bond motifs is 10. The van der Waals surface area contributed by atoms with Gasteiger partial charge in [0.1, 0.15) is 23.3 Å². The molecular weight excluding hydrogens is 917 g/mol. The normalized spacial score (nSPS) is 17.7. The van der Waals surface area contributed by atoms with Gasteiger partial charge >= 0.3 is 0 Å². The summed E-state index contributed by atoms with van der Waals surface area (Å²) in [6.45, 7) is 15.7. The van der Waals surface area contributed by atoms with E-state index in [1.807, 2.05) is 13.0 Å². The molecule has 0 fully saturated rings. The molecule has 0 saturated heterocycles. The van der Waals surface area contributed by atoms with Gasteiger partial charge in [-0.25, -0.2) is 0 Å². The molecule has 4 aromatic heterocycles. The smallest absolute Gasteiger partial charge is 0.113 e. The molecule has 0 aliphatic carbocycles. The molecule has 0 bridgehead atoms. The molecule has 3 atom stereocenters. The van der Waals surface area contributed by atoms with Crippen molar-refractivity contribution in [2.24, 2.45) is 5.73 Å². The Bertz CT molecular complexity index is 4070. The molecule has 75 heavy (non-hydrogen) atoms. The third kappa shape index (κ3) is 8.01. The Morgan fingerprint density at radius 1 is 0.560 bits per heavy atom. The summed E-state index contributed by atoms with van der Waals surface area (Å²) in [5.41, 5.74) is 17.6. The van der Waals surface area contributed by atoms with E-state index in [2.05, 4.69) is 281 Å². The molecule has 3 aliphatic rings. The van der Waals surface area contributed by atoms with Crippen LogP contribution in [0.25, 0.3) is 99.6 Å². The third-order valence-electron chi connectivity index (χ3n) is 15.3. The average Bonchev–Trinajstić information content (AvgIpc) is 4.17. The van der Waals surface area contributed by atoms with Crippen molar-refractivity contribution >= 4 is 99.6 Å². The van der Waals surface area contributed by atoms with Gasteiger partial charge in [-0.15, -0.1) is 19.7 Å². The number of para-hydroxylation sites is 5. The first-order chi connectivity index (χ1) is 36.8. The maximum absolute atomic E-state index is 6.83. The predicted molar refractivity (Wildman–Crippen MR) is 323 cm³/mol. The predicted octanol–water partition coefficient (Wildman–Crippen LogP) is 15.3. The molecule has 8 nitrogen and oxygen atoms in total. The molecule has 3 aliphatic heterocycles. The van der Waals surface area contributed by atoms with Crippen LogP contribution in [0.15, 0.2) is 232 Å². The maximum atomic E-state index is 6.83. The lowest BCUT2D eigenvalue weighted by Gasteiger charge is -2.39. The van der Waals surface area contributed by atoms with Crippen molar-refractivity contribution in [2.45, 2.75) is 45.3 Å². The Hall–Kier alpha value is -9.14. The lowest BCUT2D eigenvalue weighted by atomic mass is 10.0. The van der Waals surface area contributed by atoms with E-state index in [0.29, 0.717) is 5.82 Å². The molecule has 13 rings (SSSR count). The molecule has 7 heterocycles. The van der Waals surface area contributed by atoms with Gasteiger partial charge in [-0.05, 0) is 99.5 Å². The molecular formula is C67H64N8. The summed E-state index contributed by atoms with van der Waals surface area (Å²) >= 11 is 0. The molecule has 372 valence electrons. The van der Waals surface area contributed by atoms with E-state index in [4.69, 9.17) is 5.73 Å². The first kappa shape index (κ1) is 48.1. The number of aromatic nitrogens is 4. The van der Waals surface area contributed by atoms with Gasteiger partial charge in [0.15, 0.2) is 0 Å². The largest absolute Gasteiger partial charge is 0.385 e. The number of aryl methyl sites for hydroxylation is 1. The molecule has 0 amide bonds. The molecule has 6 aromatic carbocycles. The summed E-state index contributed by atoms with van der Waals surface area (Å²) in [4.78, 5) is 4.83. The Kier molecular flexibility index (Phi) is 12.9. The van der Waals surface area contributed by atoms with E-state index < -0.39 is 0 Å². The Morgan fingerprint density at radius 2 is 1.03 bits per heavy atom. The van der Waals surface area contributed by atoms with Crippen molar-refractivity contribution < 1.29 is 0 Å². The molecule has 0 saturated carbocycles. The van der Waals surface area contributed by atoms with Gasteiger partial charge in [0.25, 0.3) is 0 Å². The number of hydrogen-bond donors (Lipinski definition) is 2. The van der Waals surface area contributed by atoms with E-state index in [-0.39, 0.29) is 18.1 Å². The van der Waals surface area contributed by atoms with Gasteiger partial charge in [0.05, 0.1) is 56.7 Å². The van der Waals surface area contributed by atoms with E-state index in [9.17, 15) is 0 Å². The van der Waals surface area contributed by atoms with E-state index in [0.717, 1.165) is 29.1 Å². The average molecular weight is 981 g/mol. The van der Waals surface area contributed by atoms with Crippen LogP contribution < -0.4 is 11.1 Å². The van der Waals surface area contributed by atoms with Crippen molar-refractivity contribution in [3.05, 3.63) is 243 Å².